The van der Waals surface area contributed by atoms with E-state index < -0.39 is 17.9 Å². The van der Waals surface area contributed by atoms with E-state index in [0.29, 0.717) is 19.3 Å². The molecule has 3 rings (SSSR count). The van der Waals surface area contributed by atoms with Crippen LogP contribution in [0.3, 0.4) is 0 Å². The molecule has 1 N–H and O–H groups in total. The van der Waals surface area contributed by atoms with Gasteiger partial charge >= 0.3 is 11.9 Å². The number of ether oxygens (including phenoxy) is 3. The molecule has 0 bridgehead atoms. The second-order valence-electron chi connectivity index (χ2n) is 10.2. The molecule has 0 spiro atoms. The molecule has 0 aromatic heterocycles. The summed E-state index contributed by atoms with van der Waals surface area (Å²) in [6, 6.07) is 0. The molecule has 0 radical (unpaired) electrons. The molecular weight excluding hydrogens is 372 g/mol. The van der Waals surface area contributed by atoms with Gasteiger partial charge in [0.1, 0.15) is 6.10 Å². The molecular formula is C23H36O6. The molecule has 3 aliphatic rings. The van der Waals surface area contributed by atoms with E-state index in [9.17, 15) is 14.7 Å². The summed E-state index contributed by atoms with van der Waals surface area (Å²) < 4.78 is 16.2. The maximum Gasteiger partial charge on any atom is 0.333 e. The van der Waals surface area contributed by atoms with E-state index in [1.807, 2.05) is 0 Å². The number of hydrogen-bond donors (Lipinski definition) is 1. The third-order valence-corrected chi connectivity index (χ3v) is 7.96. The molecule has 6 atom stereocenters. The van der Waals surface area contributed by atoms with Crippen LogP contribution in [0.25, 0.3) is 0 Å². The number of fused-ring (bicyclic) bond motifs is 1. The van der Waals surface area contributed by atoms with Gasteiger partial charge in [0, 0.05) is 37.0 Å². The first kappa shape index (κ1) is 22.3. The Kier molecular flexibility index (Phi) is 5.91. The molecule has 6 heteroatoms. The standard InChI is InChI=1S/C23H36O6/c1-14-12-17(28-15(2)24)19-21(3,4)9-7-10-22(19,5)23(14,26)11-8-16-13-18(25)29-20(16)27-6/h13-14,17,19-20,26H,7-12H2,1-6H3/t14-,17-,19+,20?,22+,23-/m1/s1. The van der Waals surface area contributed by atoms with Gasteiger partial charge in [0.05, 0.1) is 5.60 Å². The van der Waals surface area contributed by atoms with Crippen LogP contribution in [-0.4, -0.2) is 42.1 Å². The van der Waals surface area contributed by atoms with Crippen molar-refractivity contribution in [2.45, 2.75) is 91.1 Å². The van der Waals surface area contributed by atoms with Gasteiger partial charge in [0.25, 0.3) is 0 Å². The van der Waals surface area contributed by atoms with E-state index in [-0.39, 0.29) is 34.7 Å². The number of cyclic esters (lactones) is 1. The maximum absolute atomic E-state index is 12.1. The second-order valence-corrected chi connectivity index (χ2v) is 10.2. The average molecular weight is 409 g/mol. The lowest BCUT2D eigenvalue weighted by atomic mass is 9.43. The minimum absolute atomic E-state index is 0.0397. The number of hydrogen-bond acceptors (Lipinski definition) is 6. The van der Waals surface area contributed by atoms with Crippen molar-refractivity contribution in [2.24, 2.45) is 22.7 Å². The maximum atomic E-state index is 12.1. The van der Waals surface area contributed by atoms with Crippen LogP contribution in [0.2, 0.25) is 0 Å². The van der Waals surface area contributed by atoms with Crippen molar-refractivity contribution < 1.29 is 28.9 Å². The molecule has 2 fully saturated rings. The normalized spacial score (nSPS) is 41.3. The van der Waals surface area contributed by atoms with Crippen LogP contribution in [0.4, 0.5) is 0 Å². The first-order valence-electron chi connectivity index (χ1n) is 10.8. The topological polar surface area (TPSA) is 82.1 Å². The van der Waals surface area contributed by atoms with E-state index in [2.05, 4.69) is 27.7 Å². The lowest BCUT2D eigenvalue weighted by Gasteiger charge is -2.64. The second kappa shape index (κ2) is 7.69. The van der Waals surface area contributed by atoms with Crippen LogP contribution in [0, 0.1) is 22.7 Å². The molecule has 0 aromatic carbocycles. The van der Waals surface area contributed by atoms with Crippen LogP contribution < -0.4 is 0 Å². The number of rotatable bonds is 5. The highest BCUT2D eigenvalue weighted by atomic mass is 16.7. The van der Waals surface area contributed by atoms with Crippen LogP contribution in [0.15, 0.2) is 11.6 Å². The van der Waals surface area contributed by atoms with Gasteiger partial charge in [-0.2, -0.15) is 0 Å². The fraction of sp³-hybridized carbons (Fsp3) is 0.826. The predicted octanol–water partition coefficient (Wildman–Crippen LogP) is 3.76. The third-order valence-electron chi connectivity index (χ3n) is 7.96. The largest absolute Gasteiger partial charge is 0.462 e. The van der Waals surface area contributed by atoms with Gasteiger partial charge in [-0.15, -0.1) is 0 Å². The summed E-state index contributed by atoms with van der Waals surface area (Å²) in [5.41, 5.74) is -0.590. The summed E-state index contributed by atoms with van der Waals surface area (Å²) >= 11 is 0. The van der Waals surface area contributed by atoms with Gasteiger partial charge in [-0.05, 0) is 43.4 Å². The number of esters is 2. The Morgan fingerprint density at radius 3 is 2.62 bits per heavy atom. The predicted molar refractivity (Wildman–Crippen MR) is 108 cm³/mol. The molecule has 6 nitrogen and oxygen atoms in total. The summed E-state index contributed by atoms with van der Waals surface area (Å²) in [6.07, 6.45) is 5.30. The molecule has 1 unspecified atom stereocenters. The highest BCUT2D eigenvalue weighted by Crippen LogP contribution is 2.64. The van der Waals surface area contributed by atoms with Crippen molar-refractivity contribution in [1.82, 2.24) is 0 Å². The Bertz CT molecular complexity index is 697. The Hall–Kier alpha value is -1.40. The Labute approximate surface area is 174 Å². The van der Waals surface area contributed by atoms with Gasteiger partial charge in [0.2, 0.25) is 6.29 Å². The van der Waals surface area contributed by atoms with Crippen molar-refractivity contribution in [3.8, 4) is 0 Å². The molecule has 29 heavy (non-hydrogen) atoms. The monoisotopic (exact) mass is 408 g/mol. The molecule has 1 heterocycles. The van der Waals surface area contributed by atoms with Gasteiger partial charge in [-0.3, -0.25) is 4.79 Å². The van der Waals surface area contributed by atoms with Crippen molar-refractivity contribution in [2.75, 3.05) is 7.11 Å². The quantitative estimate of drug-likeness (QED) is 0.698. The zero-order valence-corrected chi connectivity index (χ0v) is 18.6. The van der Waals surface area contributed by atoms with Gasteiger partial charge in [-0.25, -0.2) is 4.79 Å². The zero-order valence-electron chi connectivity index (χ0n) is 18.6. The fourth-order valence-electron chi connectivity index (χ4n) is 6.75. The molecule has 0 aromatic rings. The molecule has 1 aliphatic heterocycles. The van der Waals surface area contributed by atoms with Crippen LogP contribution in [0.1, 0.15) is 73.1 Å². The first-order valence-corrected chi connectivity index (χ1v) is 10.8. The summed E-state index contributed by atoms with van der Waals surface area (Å²) in [6.45, 7) is 10.2. The van der Waals surface area contributed by atoms with E-state index >= 15 is 0 Å². The van der Waals surface area contributed by atoms with Crippen molar-refractivity contribution in [1.29, 1.82) is 0 Å². The molecule has 0 saturated heterocycles. The molecule has 2 aliphatic carbocycles. The Morgan fingerprint density at radius 2 is 2.00 bits per heavy atom. The third kappa shape index (κ3) is 3.74. The van der Waals surface area contributed by atoms with Gasteiger partial charge in [-0.1, -0.05) is 34.1 Å². The van der Waals surface area contributed by atoms with Crippen LogP contribution in [0.5, 0.6) is 0 Å². The van der Waals surface area contributed by atoms with E-state index in [0.717, 1.165) is 24.8 Å². The van der Waals surface area contributed by atoms with Crippen molar-refractivity contribution in [3.63, 3.8) is 0 Å². The van der Waals surface area contributed by atoms with Crippen molar-refractivity contribution in [3.05, 3.63) is 11.6 Å². The van der Waals surface area contributed by atoms with E-state index in [1.165, 1.54) is 20.1 Å². The summed E-state index contributed by atoms with van der Waals surface area (Å²) in [4.78, 5) is 23.5. The number of methoxy groups -OCH3 is 1. The first-order chi connectivity index (χ1) is 13.4. The summed E-state index contributed by atoms with van der Waals surface area (Å²) in [7, 11) is 1.51. The number of carbonyl (C=O) groups is 2. The summed E-state index contributed by atoms with van der Waals surface area (Å²) in [5, 5.41) is 12.1. The highest BCUT2D eigenvalue weighted by molar-refractivity contribution is 5.85. The molecule has 2 saturated carbocycles. The van der Waals surface area contributed by atoms with Gasteiger partial charge < -0.3 is 19.3 Å². The smallest absolute Gasteiger partial charge is 0.333 e. The highest BCUT2D eigenvalue weighted by Gasteiger charge is 2.65. The lowest BCUT2D eigenvalue weighted by molar-refractivity contribution is -0.249. The van der Waals surface area contributed by atoms with Crippen LogP contribution in [-0.2, 0) is 23.8 Å². The average Bonchev–Trinajstić information content (AvgIpc) is 2.96. The fourth-order valence-corrected chi connectivity index (χ4v) is 6.75. The minimum Gasteiger partial charge on any atom is -0.462 e. The number of carbonyl (C=O) groups excluding carboxylic acids is 2. The Morgan fingerprint density at radius 1 is 1.31 bits per heavy atom. The SMILES string of the molecule is COC1OC(=O)C=C1CC[C@@]1(O)[C@H](C)C[C@@H](OC(C)=O)[C@H]2C(C)(C)CCC[C@@]21C. The lowest BCUT2D eigenvalue weighted by Crippen LogP contribution is -2.66. The van der Waals surface area contributed by atoms with Crippen LogP contribution >= 0.6 is 0 Å². The molecule has 164 valence electrons. The van der Waals surface area contributed by atoms with E-state index in [4.69, 9.17) is 14.2 Å². The van der Waals surface area contributed by atoms with Gasteiger partial charge in [0.15, 0.2) is 0 Å². The Balaban J connectivity index is 1.92. The zero-order chi connectivity index (χ0) is 21.6. The molecule has 0 amide bonds. The summed E-state index contributed by atoms with van der Waals surface area (Å²) in [5.74, 6) is -0.622. The minimum atomic E-state index is -0.934. The number of aliphatic hydroxyl groups is 1. The van der Waals surface area contributed by atoms with Crippen molar-refractivity contribution >= 4 is 11.9 Å². The van der Waals surface area contributed by atoms with E-state index in [1.54, 1.807) is 0 Å².